The zero-order valence-electron chi connectivity index (χ0n) is 10.1. The molecule has 1 amide bonds. The van der Waals surface area contributed by atoms with E-state index in [-0.39, 0.29) is 11.6 Å². The molecule has 3 nitrogen and oxygen atoms in total. The third-order valence-corrected chi connectivity index (χ3v) is 3.18. The van der Waals surface area contributed by atoms with Crippen LogP contribution in [0, 0.1) is 9.39 Å². The van der Waals surface area contributed by atoms with Crippen molar-refractivity contribution in [2.75, 3.05) is 12.4 Å². The van der Waals surface area contributed by atoms with Gasteiger partial charge < -0.3 is 10.1 Å². The van der Waals surface area contributed by atoms with Crippen molar-refractivity contribution in [2.45, 2.75) is 0 Å². The summed E-state index contributed by atoms with van der Waals surface area (Å²) in [7, 11) is 1.48. The van der Waals surface area contributed by atoms with Crippen molar-refractivity contribution < 1.29 is 13.9 Å². The number of benzene rings is 2. The predicted octanol–water partition coefficient (Wildman–Crippen LogP) is 3.69. The van der Waals surface area contributed by atoms with E-state index >= 15 is 0 Å². The van der Waals surface area contributed by atoms with E-state index in [1.165, 1.54) is 25.3 Å². The maximum Gasteiger partial charge on any atom is 0.255 e. The summed E-state index contributed by atoms with van der Waals surface area (Å²) in [5.74, 6) is -0.371. The number of rotatable bonds is 3. The Morgan fingerprint density at radius 2 is 2.05 bits per heavy atom. The van der Waals surface area contributed by atoms with Crippen LogP contribution in [0.5, 0.6) is 5.75 Å². The smallest absolute Gasteiger partial charge is 0.255 e. The number of methoxy groups -OCH3 is 1. The Morgan fingerprint density at radius 3 is 2.74 bits per heavy atom. The number of carbonyl (C=O) groups is 1. The molecule has 0 heterocycles. The molecule has 5 heteroatoms. The number of hydrogen-bond donors (Lipinski definition) is 1. The number of anilines is 1. The lowest BCUT2D eigenvalue weighted by Crippen LogP contribution is -2.13. The van der Waals surface area contributed by atoms with Crippen molar-refractivity contribution >= 4 is 34.2 Å². The van der Waals surface area contributed by atoms with E-state index in [4.69, 9.17) is 4.74 Å². The second-order valence-corrected chi connectivity index (χ2v) is 5.06. The van der Waals surface area contributed by atoms with E-state index in [0.29, 0.717) is 11.3 Å². The standard InChI is InChI=1S/C14H11FINO2/c1-19-11-5-6-12(15)13(8-11)17-14(18)9-3-2-4-10(16)7-9/h2-8H,1H3,(H,17,18). The van der Waals surface area contributed by atoms with Gasteiger partial charge in [0.15, 0.2) is 0 Å². The first-order valence-corrected chi connectivity index (χ1v) is 6.58. The van der Waals surface area contributed by atoms with Crippen molar-refractivity contribution in [2.24, 2.45) is 0 Å². The Labute approximate surface area is 123 Å². The number of ether oxygens (including phenoxy) is 1. The molecular formula is C14H11FINO2. The van der Waals surface area contributed by atoms with Crippen molar-refractivity contribution in [3.05, 3.63) is 57.4 Å². The summed E-state index contributed by atoms with van der Waals surface area (Å²) in [4.78, 5) is 12.0. The molecule has 0 aromatic heterocycles. The highest BCUT2D eigenvalue weighted by atomic mass is 127. The van der Waals surface area contributed by atoms with Gasteiger partial charge >= 0.3 is 0 Å². The minimum absolute atomic E-state index is 0.100. The highest BCUT2D eigenvalue weighted by molar-refractivity contribution is 14.1. The van der Waals surface area contributed by atoms with Crippen LogP contribution in [0.25, 0.3) is 0 Å². The maximum absolute atomic E-state index is 13.6. The molecule has 0 saturated heterocycles. The van der Waals surface area contributed by atoms with Gasteiger partial charge in [-0.15, -0.1) is 0 Å². The fourth-order valence-corrected chi connectivity index (χ4v) is 2.09. The molecule has 0 spiro atoms. The largest absolute Gasteiger partial charge is 0.497 e. The molecular weight excluding hydrogens is 360 g/mol. The van der Waals surface area contributed by atoms with Crippen LogP contribution in [0.15, 0.2) is 42.5 Å². The molecule has 0 unspecified atom stereocenters. The van der Waals surface area contributed by atoms with Gasteiger partial charge in [-0.05, 0) is 52.9 Å². The van der Waals surface area contributed by atoms with Crippen molar-refractivity contribution in [1.29, 1.82) is 0 Å². The van der Waals surface area contributed by atoms with Crippen LogP contribution < -0.4 is 10.1 Å². The van der Waals surface area contributed by atoms with Gasteiger partial charge in [-0.25, -0.2) is 4.39 Å². The highest BCUT2D eigenvalue weighted by Gasteiger charge is 2.10. The van der Waals surface area contributed by atoms with Crippen LogP contribution in [-0.2, 0) is 0 Å². The summed E-state index contributed by atoms with van der Waals surface area (Å²) in [6.45, 7) is 0. The van der Waals surface area contributed by atoms with Gasteiger partial charge in [-0.2, -0.15) is 0 Å². The Balaban J connectivity index is 2.23. The normalized spacial score (nSPS) is 10.1. The zero-order chi connectivity index (χ0) is 13.8. The Kier molecular flexibility index (Phi) is 4.36. The van der Waals surface area contributed by atoms with Gasteiger partial charge in [0.2, 0.25) is 0 Å². The Hall–Kier alpha value is -1.63. The summed E-state index contributed by atoms with van der Waals surface area (Å²) in [6.07, 6.45) is 0. The fraction of sp³-hybridized carbons (Fsp3) is 0.0714. The summed E-state index contributed by atoms with van der Waals surface area (Å²) < 4.78 is 19.5. The van der Waals surface area contributed by atoms with E-state index in [1.807, 2.05) is 6.07 Å². The molecule has 0 bridgehead atoms. The van der Waals surface area contributed by atoms with E-state index in [1.54, 1.807) is 18.2 Å². The first kappa shape index (κ1) is 13.8. The first-order valence-electron chi connectivity index (χ1n) is 5.50. The maximum atomic E-state index is 13.6. The topological polar surface area (TPSA) is 38.3 Å². The quantitative estimate of drug-likeness (QED) is 0.836. The van der Waals surface area contributed by atoms with Crippen LogP contribution in [0.1, 0.15) is 10.4 Å². The molecule has 0 aliphatic rings. The van der Waals surface area contributed by atoms with Gasteiger partial charge in [-0.1, -0.05) is 6.07 Å². The predicted molar refractivity (Wildman–Crippen MR) is 80.1 cm³/mol. The van der Waals surface area contributed by atoms with E-state index < -0.39 is 5.82 Å². The molecule has 0 fully saturated rings. The van der Waals surface area contributed by atoms with Crippen LogP contribution in [-0.4, -0.2) is 13.0 Å². The summed E-state index contributed by atoms with van der Waals surface area (Å²) in [5, 5.41) is 2.53. The van der Waals surface area contributed by atoms with E-state index in [0.717, 1.165) is 3.57 Å². The van der Waals surface area contributed by atoms with Gasteiger partial charge in [0, 0.05) is 15.2 Å². The molecule has 2 aromatic rings. The van der Waals surface area contributed by atoms with Gasteiger partial charge in [-0.3, -0.25) is 4.79 Å². The van der Waals surface area contributed by atoms with Crippen molar-refractivity contribution in [3.63, 3.8) is 0 Å². The summed E-state index contributed by atoms with van der Waals surface area (Å²) in [6, 6.07) is 11.3. The Bertz CT molecular complexity index is 616. The van der Waals surface area contributed by atoms with Gasteiger partial charge in [0.1, 0.15) is 11.6 Å². The molecule has 0 saturated carbocycles. The number of amides is 1. The van der Waals surface area contributed by atoms with Crippen LogP contribution in [0.2, 0.25) is 0 Å². The second kappa shape index (κ2) is 6.01. The van der Waals surface area contributed by atoms with Gasteiger partial charge in [0.25, 0.3) is 5.91 Å². The minimum atomic E-state index is -0.500. The lowest BCUT2D eigenvalue weighted by atomic mass is 10.2. The number of carbonyl (C=O) groups excluding carboxylic acids is 1. The lowest BCUT2D eigenvalue weighted by molar-refractivity contribution is 0.102. The molecule has 0 atom stereocenters. The molecule has 0 aliphatic carbocycles. The third-order valence-electron chi connectivity index (χ3n) is 2.51. The summed E-state index contributed by atoms with van der Waals surface area (Å²) >= 11 is 2.11. The molecule has 0 aliphatic heterocycles. The second-order valence-electron chi connectivity index (χ2n) is 3.81. The molecule has 0 radical (unpaired) electrons. The molecule has 98 valence electrons. The first-order chi connectivity index (χ1) is 9.10. The highest BCUT2D eigenvalue weighted by Crippen LogP contribution is 2.21. The Morgan fingerprint density at radius 1 is 1.26 bits per heavy atom. The lowest BCUT2D eigenvalue weighted by Gasteiger charge is -2.08. The van der Waals surface area contributed by atoms with Crippen molar-refractivity contribution in [1.82, 2.24) is 0 Å². The SMILES string of the molecule is COc1ccc(F)c(NC(=O)c2cccc(I)c2)c1. The van der Waals surface area contributed by atoms with Gasteiger partial charge in [0.05, 0.1) is 12.8 Å². The van der Waals surface area contributed by atoms with Crippen molar-refractivity contribution in [3.8, 4) is 5.75 Å². The molecule has 2 rings (SSSR count). The van der Waals surface area contributed by atoms with Crippen LogP contribution in [0.3, 0.4) is 0 Å². The molecule has 2 aromatic carbocycles. The van der Waals surface area contributed by atoms with E-state index in [9.17, 15) is 9.18 Å². The number of hydrogen-bond acceptors (Lipinski definition) is 2. The minimum Gasteiger partial charge on any atom is -0.497 e. The van der Waals surface area contributed by atoms with Crippen LogP contribution in [0.4, 0.5) is 10.1 Å². The summed E-state index contributed by atoms with van der Waals surface area (Å²) in [5.41, 5.74) is 0.581. The monoisotopic (exact) mass is 371 g/mol. The fourth-order valence-electron chi connectivity index (χ4n) is 1.55. The molecule has 1 N–H and O–H groups in total. The average molecular weight is 371 g/mol. The number of nitrogens with one attached hydrogen (secondary N) is 1. The number of halogens is 2. The van der Waals surface area contributed by atoms with E-state index in [2.05, 4.69) is 27.9 Å². The third kappa shape index (κ3) is 3.44. The zero-order valence-corrected chi connectivity index (χ0v) is 12.3. The average Bonchev–Trinajstić information content (AvgIpc) is 2.41. The molecule has 19 heavy (non-hydrogen) atoms. The van der Waals surface area contributed by atoms with Crippen LogP contribution >= 0.6 is 22.6 Å².